The molecule has 16 heavy (non-hydrogen) atoms. The number of aliphatic hydroxyl groups excluding tert-OH is 1. The van der Waals surface area contributed by atoms with Crippen molar-refractivity contribution in [2.45, 2.75) is 44.9 Å². The zero-order chi connectivity index (χ0) is 11.9. The van der Waals surface area contributed by atoms with Crippen LogP contribution in [-0.2, 0) is 4.74 Å². The Kier molecular flexibility index (Phi) is 13.9. The summed E-state index contributed by atoms with van der Waals surface area (Å²) in [6, 6.07) is 0. The van der Waals surface area contributed by atoms with Gasteiger partial charge in [-0.15, -0.1) is 6.58 Å². The van der Waals surface area contributed by atoms with Gasteiger partial charge in [0.15, 0.2) is 0 Å². The molecule has 0 spiro atoms. The molecule has 0 saturated heterocycles. The standard InChI is InChI=1S/C14H26O2/c1-2-3-4-5-7-10-13-16-14-11-8-6-9-12-15/h2,7,10,15H,1,3-6,8-9,11-14H2. The van der Waals surface area contributed by atoms with E-state index in [1.165, 1.54) is 6.42 Å². The normalized spacial score (nSPS) is 11.1. The van der Waals surface area contributed by atoms with E-state index in [4.69, 9.17) is 9.84 Å². The fourth-order valence-corrected chi connectivity index (χ4v) is 1.39. The third kappa shape index (κ3) is 13.4. The van der Waals surface area contributed by atoms with Gasteiger partial charge in [-0.1, -0.05) is 31.1 Å². The van der Waals surface area contributed by atoms with Crippen molar-refractivity contribution in [3.05, 3.63) is 24.8 Å². The van der Waals surface area contributed by atoms with E-state index >= 15 is 0 Å². The van der Waals surface area contributed by atoms with E-state index in [9.17, 15) is 0 Å². The van der Waals surface area contributed by atoms with Crippen LogP contribution in [0.4, 0.5) is 0 Å². The van der Waals surface area contributed by atoms with Crippen molar-refractivity contribution in [1.29, 1.82) is 0 Å². The second-order valence-electron chi connectivity index (χ2n) is 3.90. The Hall–Kier alpha value is -0.600. The largest absolute Gasteiger partial charge is 0.396 e. The molecule has 0 rings (SSSR count). The van der Waals surface area contributed by atoms with Crippen LogP contribution in [0.25, 0.3) is 0 Å². The van der Waals surface area contributed by atoms with E-state index in [2.05, 4.69) is 18.7 Å². The highest BCUT2D eigenvalue weighted by Gasteiger charge is 1.89. The van der Waals surface area contributed by atoms with Crippen LogP contribution in [0.15, 0.2) is 24.8 Å². The lowest BCUT2D eigenvalue weighted by atomic mass is 10.2. The van der Waals surface area contributed by atoms with Crippen molar-refractivity contribution in [2.75, 3.05) is 19.8 Å². The second-order valence-corrected chi connectivity index (χ2v) is 3.90. The van der Waals surface area contributed by atoms with Crippen LogP contribution < -0.4 is 0 Å². The summed E-state index contributed by atoms with van der Waals surface area (Å²) in [7, 11) is 0. The summed E-state index contributed by atoms with van der Waals surface area (Å²) in [5.41, 5.74) is 0. The molecule has 0 aromatic rings. The molecule has 2 heteroatoms. The second kappa shape index (κ2) is 14.4. The predicted octanol–water partition coefficient (Wildman–Crippen LogP) is 3.47. The van der Waals surface area contributed by atoms with E-state index in [0.717, 1.165) is 51.7 Å². The van der Waals surface area contributed by atoms with Crippen LogP contribution in [0, 0.1) is 0 Å². The fourth-order valence-electron chi connectivity index (χ4n) is 1.39. The van der Waals surface area contributed by atoms with Gasteiger partial charge in [-0.25, -0.2) is 0 Å². The summed E-state index contributed by atoms with van der Waals surface area (Å²) in [4.78, 5) is 0. The highest BCUT2D eigenvalue weighted by molar-refractivity contribution is 4.82. The Morgan fingerprint density at radius 3 is 2.50 bits per heavy atom. The van der Waals surface area contributed by atoms with Gasteiger partial charge >= 0.3 is 0 Å². The predicted molar refractivity (Wildman–Crippen MR) is 69.6 cm³/mol. The third-order valence-electron chi connectivity index (χ3n) is 2.36. The first-order valence-corrected chi connectivity index (χ1v) is 6.36. The minimum atomic E-state index is 0.314. The molecular formula is C14H26O2. The van der Waals surface area contributed by atoms with Crippen LogP contribution in [0.5, 0.6) is 0 Å². The Morgan fingerprint density at radius 2 is 1.75 bits per heavy atom. The van der Waals surface area contributed by atoms with E-state index in [1.807, 2.05) is 6.08 Å². The third-order valence-corrected chi connectivity index (χ3v) is 2.36. The lowest BCUT2D eigenvalue weighted by Gasteiger charge is -2.00. The van der Waals surface area contributed by atoms with Crippen molar-refractivity contribution in [2.24, 2.45) is 0 Å². The molecule has 0 aliphatic heterocycles. The van der Waals surface area contributed by atoms with Crippen molar-refractivity contribution in [1.82, 2.24) is 0 Å². The first-order valence-electron chi connectivity index (χ1n) is 6.36. The van der Waals surface area contributed by atoms with Crippen LogP contribution in [0.1, 0.15) is 44.9 Å². The molecule has 2 nitrogen and oxygen atoms in total. The molecule has 0 aliphatic carbocycles. The van der Waals surface area contributed by atoms with Gasteiger partial charge < -0.3 is 9.84 Å². The zero-order valence-corrected chi connectivity index (χ0v) is 10.4. The van der Waals surface area contributed by atoms with Crippen molar-refractivity contribution < 1.29 is 9.84 Å². The minimum absolute atomic E-state index is 0.314. The molecule has 0 aliphatic rings. The minimum Gasteiger partial charge on any atom is -0.396 e. The smallest absolute Gasteiger partial charge is 0.0647 e. The van der Waals surface area contributed by atoms with E-state index in [1.54, 1.807) is 0 Å². The van der Waals surface area contributed by atoms with Gasteiger partial charge in [-0.2, -0.15) is 0 Å². The molecule has 0 radical (unpaired) electrons. The number of aliphatic hydroxyl groups is 1. The summed E-state index contributed by atoms with van der Waals surface area (Å²) in [6.07, 6.45) is 13.9. The molecule has 0 saturated carbocycles. The molecule has 0 atom stereocenters. The molecule has 0 aromatic carbocycles. The summed E-state index contributed by atoms with van der Waals surface area (Å²) in [5, 5.41) is 8.58. The Morgan fingerprint density at radius 1 is 0.938 bits per heavy atom. The summed E-state index contributed by atoms with van der Waals surface area (Å²) >= 11 is 0. The number of hydrogen-bond acceptors (Lipinski definition) is 2. The SMILES string of the molecule is C=CCCCC=CCOCCCCCCO. The fraction of sp³-hybridized carbons (Fsp3) is 0.714. The molecule has 0 heterocycles. The van der Waals surface area contributed by atoms with Gasteiger partial charge in [0.25, 0.3) is 0 Å². The first-order chi connectivity index (χ1) is 7.91. The molecule has 0 unspecified atom stereocenters. The molecule has 1 N–H and O–H groups in total. The Balaban J connectivity index is 2.99. The molecule has 0 aromatic heterocycles. The number of ether oxygens (including phenoxy) is 1. The molecule has 0 fully saturated rings. The van der Waals surface area contributed by atoms with Crippen LogP contribution in [0.3, 0.4) is 0 Å². The Labute approximate surface area is 100 Å². The van der Waals surface area contributed by atoms with Crippen LogP contribution in [0.2, 0.25) is 0 Å². The summed E-state index contributed by atoms with van der Waals surface area (Å²) < 4.78 is 5.45. The van der Waals surface area contributed by atoms with Gasteiger partial charge in [-0.3, -0.25) is 0 Å². The average molecular weight is 226 g/mol. The van der Waals surface area contributed by atoms with Gasteiger partial charge in [0.1, 0.15) is 0 Å². The van der Waals surface area contributed by atoms with Crippen molar-refractivity contribution in [3.8, 4) is 0 Å². The van der Waals surface area contributed by atoms with Gasteiger partial charge in [0, 0.05) is 13.2 Å². The maximum Gasteiger partial charge on any atom is 0.0647 e. The van der Waals surface area contributed by atoms with E-state index in [-0.39, 0.29) is 0 Å². The number of allylic oxidation sites excluding steroid dienone is 2. The van der Waals surface area contributed by atoms with Crippen LogP contribution >= 0.6 is 0 Å². The topological polar surface area (TPSA) is 29.5 Å². The lowest BCUT2D eigenvalue weighted by molar-refractivity contribution is 0.156. The number of unbranched alkanes of at least 4 members (excludes halogenated alkanes) is 5. The number of hydrogen-bond donors (Lipinski definition) is 1. The zero-order valence-electron chi connectivity index (χ0n) is 10.4. The van der Waals surface area contributed by atoms with E-state index in [0.29, 0.717) is 6.61 Å². The highest BCUT2D eigenvalue weighted by Crippen LogP contribution is 2.00. The summed E-state index contributed by atoms with van der Waals surface area (Å²) in [6.45, 7) is 5.56. The highest BCUT2D eigenvalue weighted by atomic mass is 16.5. The van der Waals surface area contributed by atoms with Gasteiger partial charge in [0.05, 0.1) is 6.61 Å². The molecule has 94 valence electrons. The first kappa shape index (κ1) is 15.4. The quantitative estimate of drug-likeness (QED) is 0.408. The molecule has 0 bridgehead atoms. The van der Waals surface area contributed by atoms with Gasteiger partial charge in [0.2, 0.25) is 0 Å². The van der Waals surface area contributed by atoms with Crippen LogP contribution in [-0.4, -0.2) is 24.9 Å². The molecular weight excluding hydrogens is 200 g/mol. The maximum atomic E-state index is 8.58. The van der Waals surface area contributed by atoms with Crippen molar-refractivity contribution in [3.63, 3.8) is 0 Å². The molecule has 0 amide bonds. The monoisotopic (exact) mass is 226 g/mol. The summed E-state index contributed by atoms with van der Waals surface area (Å²) in [5.74, 6) is 0. The van der Waals surface area contributed by atoms with E-state index < -0.39 is 0 Å². The maximum absolute atomic E-state index is 8.58. The van der Waals surface area contributed by atoms with Gasteiger partial charge in [-0.05, 0) is 32.1 Å². The van der Waals surface area contributed by atoms with Crippen molar-refractivity contribution >= 4 is 0 Å². The lowest BCUT2D eigenvalue weighted by Crippen LogP contribution is -1.94. The Bertz CT molecular complexity index is 164. The average Bonchev–Trinajstić information content (AvgIpc) is 2.31. The number of rotatable bonds is 12.